The summed E-state index contributed by atoms with van der Waals surface area (Å²) >= 11 is 3.38. The first-order valence-electron chi connectivity index (χ1n) is 4.42. The summed E-state index contributed by atoms with van der Waals surface area (Å²) in [4.78, 5) is 0. The molecule has 0 aliphatic carbocycles. The predicted molar refractivity (Wildman–Crippen MR) is 59.8 cm³/mol. The van der Waals surface area contributed by atoms with Crippen molar-refractivity contribution >= 4 is 15.9 Å². The minimum absolute atomic E-state index is 0.223. The van der Waals surface area contributed by atoms with Gasteiger partial charge in [0.2, 0.25) is 0 Å². The summed E-state index contributed by atoms with van der Waals surface area (Å²) in [7, 11) is 0. The predicted octanol–water partition coefficient (Wildman–Crippen LogP) is 3.47. The highest BCUT2D eigenvalue weighted by Crippen LogP contribution is 2.17. The van der Waals surface area contributed by atoms with E-state index in [-0.39, 0.29) is 6.10 Å². The number of hydrogen-bond donors (Lipinski definition) is 0. The van der Waals surface area contributed by atoms with Gasteiger partial charge in [0.1, 0.15) is 11.9 Å². The van der Waals surface area contributed by atoms with Crippen molar-refractivity contribution in [3.63, 3.8) is 0 Å². The largest absolute Gasteiger partial charge is 0.490 e. The Morgan fingerprint density at radius 3 is 2.23 bits per heavy atom. The molecule has 0 saturated carbocycles. The van der Waals surface area contributed by atoms with E-state index >= 15 is 0 Å². The van der Waals surface area contributed by atoms with Gasteiger partial charge in [-0.3, -0.25) is 0 Å². The standard InChI is InChI=1S/C11H15BrO/c1-8-4-9(2)6-11(5-8)13-10(3)7-12/h4-6,10H,7H2,1-3H3. The molecule has 0 heterocycles. The van der Waals surface area contributed by atoms with Crippen LogP contribution in [0.3, 0.4) is 0 Å². The topological polar surface area (TPSA) is 9.23 Å². The number of rotatable bonds is 3. The Morgan fingerprint density at radius 1 is 1.23 bits per heavy atom. The van der Waals surface area contributed by atoms with E-state index in [0.717, 1.165) is 11.1 Å². The zero-order valence-corrected chi connectivity index (χ0v) is 9.89. The van der Waals surface area contributed by atoms with Gasteiger partial charge in [0.15, 0.2) is 0 Å². The Balaban J connectivity index is 2.77. The van der Waals surface area contributed by atoms with Gasteiger partial charge in [-0.25, -0.2) is 0 Å². The van der Waals surface area contributed by atoms with Crippen LogP contribution in [0.15, 0.2) is 18.2 Å². The lowest BCUT2D eigenvalue weighted by Crippen LogP contribution is -2.12. The van der Waals surface area contributed by atoms with Gasteiger partial charge in [-0.15, -0.1) is 0 Å². The molecule has 1 aromatic rings. The number of hydrogen-bond acceptors (Lipinski definition) is 1. The Labute approximate surface area is 88.2 Å². The van der Waals surface area contributed by atoms with Crippen molar-refractivity contribution in [2.75, 3.05) is 5.33 Å². The zero-order chi connectivity index (χ0) is 9.84. The van der Waals surface area contributed by atoms with E-state index in [9.17, 15) is 0 Å². The average Bonchev–Trinajstić information content (AvgIpc) is 2.02. The van der Waals surface area contributed by atoms with Crippen LogP contribution in [0, 0.1) is 13.8 Å². The van der Waals surface area contributed by atoms with Gasteiger partial charge in [-0.2, -0.15) is 0 Å². The zero-order valence-electron chi connectivity index (χ0n) is 8.30. The first kappa shape index (κ1) is 10.6. The van der Waals surface area contributed by atoms with Crippen LogP contribution in [-0.2, 0) is 0 Å². The molecule has 0 radical (unpaired) electrons. The molecule has 1 unspecified atom stereocenters. The summed E-state index contributed by atoms with van der Waals surface area (Å²) in [6.45, 7) is 6.21. The molecular weight excluding hydrogens is 228 g/mol. The number of ether oxygens (including phenoxy) is 1. The molecule has 1 aromatic carbocycles. The highest BCUT2D eigenvalue weighted by Gasteiger charge is 2.02. The van der Waals surface area contributed by atoms with Gasteiger partial charge in [0, 0.05) is 5.33 Å². The Kier molecular flexibility index (Phi) is 3.79. The van der Waals surface area contributed by atoms with Crippen LogP contribution >= 0.6 is 15.9 Å². The smallest absolute Gasteiger partial charge is 0.120 e. The second-order valence-corrected chi connectivity index (χ2v) is 4.05. The lowest BCUT2D eigenvalue weighted by Gasteiger charge is -2.12. The van der Waals surface area contributed by atoms with E-state index in [1.165, 1.54) is 11.1 Å². The van der Waals surface area contributed by atoms with E-state index in [1.54, 1.807) is 0 Å². The van der Waals surface area contributed by atoms with E-state index in [1.807, 2.05) is 6.92 Å². The Bertz CT molecular complexity index is 263. The summed E-state index contributed by atoms with van der Waals surface area (Å²) in [5.74, 6) is 0.962. The van der Waals surface area contributed by atoms with E-state index in [4.69, 9.17) is 4.74 Å². The van der Waals surface area contributed by atoms with E-state index in [2.05, 4.69) is 48.0 Å². The number of alkyl halides is 1. The molecular formula is C11H15BrO. The van der Waals surface area contributed by atoms with Gasteiger partial charge in [0.25, 0.3) is 0 Å². The van der Waals surface area contributed by atoms with Crippen molar-refractivity contribution < 1.29 is 4.74 Å². The summed E-state index contributed by atoms with van der Waals surface area (Å²) < 4.78 is 5.68. The third-order valence-electron chi connectivity index (χ3n) is 1.75. The normalized spacial score (nSPS) is 12.6. The van der Waals surface area contributed by atoms with Crippen LogP contribution < -0.4 is 4.74 Å². The van der Waals surface area contributed by atoms with Gasteiger partial charge < -0.3 is 4.74 Å². The molecule has 0 aliphatic rings. The van der Waals surface area contributed by atoms with Gasteiger partial charge in [-0.1, -0.05) is 22.0 Å². The Morgan fingerprint density at radius 2 is 1.77 bits per heavy atom. The highest BCUT2D eigenvalue weighted by molar-refractivity contribution is 9.09. The first-order valence-corrected chi connectivity index (χ1v) is 5.55. The van der Waals surface area contributed by atoms with Crippen LogP contribution in [0.2, 0.25) is 0 Å². The molecule has 1 atom stereocenters. The Hall–Kier alpha value is -0.500. The quantitative estimate of drug-likeness (QED) is 0.738. The van der Waals surface area contributed by atoms with Crippen molar-refractivity contribution in [1.82, 2.24) is 0 Å². The molecule has 0 aromatic heterocycles. The van der Waals surface area contributed by atoms with Gasteiger partial charge in [-0.05, 0) is 44.0 Å². The molecule has 0 aliphatic heterocycles. The summed E-state index contributed by atoms with van der Waals surface area (Å²) in [6.07, 6.45) is 0.223. The summed E-state index contributed by atoms with van der Waals surface area (Å²) in [5, 5.41) is 0.861. The maximum Gasteiger partial charge on any atom is 0.120 e. The molecule has 72 valence electrons. The summed E-state index contributed by atoms with van der Waals surface area (Å²) in [6, 6.07) is 6.27. The fourth-order valence-corrected chi connectivity index (χ4v) is 1.40. The maximum absolute atomic E-state index is 5.68. The molecule has 0 fully saturated rings. The lowest BCUT2D eigenvalue weighted by molar-refractivity contribution is 0.248. The van der Waals surface area contributed by atoms with Crippen LogP contribution in [0.1, 0.15) is 18.1 Å². The van der Waals surface area contributed by atoms with E-state index < -0.39 is 0 Å². The minimum atomic E-state index is 0.223. The van der Waals surface area contributed by atoms with Gasteiger partial charge >= 0.3 is 0 Å². The highest BCUT2D eigenvalue weighted by atomic mass is 79.9. The molecule has 0 saturated heterocycles. The van der Waals surface area contributed by atoms with Crippen molar-refractivity contribution in [3.05, 3.63) is 29.3 Å². The molecule has 13 heavy (non-hydrogen) atoms. The SMILES string of the molecule is Cc1cc(C)cc(OC(C)CBr)c1. The molecule has 2 heteroatoms. The van der Waals surface area contributed by atoms with Crippen molar-refractivity contribution in [3.8, 4) is 5.75 Å². The van der Waals surface area contributed by atoms with Crippen LogP contribution in [-0.4, -0.2) is 11.4 Å². The molecule has 1 rings (SSSR count). The van der Waals surface area contributed by atoms with E-state index in [0.29, 0.717) is 0 Å². The van der Waals surface area contributed by atoms with Crippen molar-refractivity contribution in [1.29, 1.82) is 0 Å². The fraction of sp³-hybridized carbons (Fsp3) is 0.455. The van der Waals surface area contributed by atoms with Crippen molar-refractivity contribution in [2.45, 2.75) is 26.9 Å². The number of halogens is 1. The lowest BCUT2D eigenvalue weighted by atomic mass is 10.1. The fourth-order valence-electron chi connectivity index (χ4n) is 1.26. The van der Waals surface area contributed by atoms with Crippen LogP contribution in [0.4, 0.5) is 0 Å². The van der Waals surface area contributed by atoms with Crippen LogP contribution in [0.25, 0.3) is 0 Å². The molecule has 0 bridgehead atoms. The van der Waals surface area contributed by atoms with Crippen LogP contribution in [0.5, 0.6) is 5.75 Å². The first-order chi connectivity index (χ1) is 6.11. The maximum atomic E-state index is 5.68. The monoisotopic (exact) mass is 242 g/mol. The third-order valence-corrected chi connectivity index (χ3v) is 2.66. The summed E-state index contributed by atoms with van der Waals surface area (Å²) in [5.41, 5.74) is 2.49. The average molecular weight is 243 g/mol. The minimum Gasteiger partial charge on any atom is -0.490 e. The molecule has 0 N–H and O–H groups in total. The second-order valence-electron chi connectivity index (χ2n) is 3.41. The molecule has 0 amide bonds. The van der Waals surface area contributed by atoms with Gasteiger partial charge in [0.05, 0.1) is 0 Å². The third kappa shape index (κ3) is 3.39. The number of aryl methyl sites for hydroxylation is 2. The second kappa shape index (κ2) is 4.66. The van der Waals surface area contributed by atoms with Crippen molar-refractivity contribution in [2.24, 2.45) is 0 Å². The number of benzene rings is 1. The molecule has 1 nitrogen and oxygen atoms in total. The molecule has 0 spiro atoms.